The molecule has 1 aliphatic carbocycles. The average molecular weight is 400 g/mol. The highest BCUT2D eigenvalue weighted by atomic mass is 35.5. The van der Waals surface area contributed by atoms with E-state index >= 15 is 0 Å². The molecule has 27 heavy (non-hydrogen) atoms. The van der Waals surface area contributed by atoms with Crippen molar-refractivity contribution in [1.29, 1.82) is 0 Å². The minimum absolute atomic E-state index is 0.00327. The standard InChI is InChI=1S/C20H18ClN3O2S/c21-13-5-6-15-12(7-13)9-17(23-15)20(26)24-16-8-11-3-1-2-4-14(11)19(16)27-10-18(22)25/h1-7,9,16,19,23H,8,10H2,(H2,22,25)(H,24,26)/t16?,19-/m1/s1. The second-order valence-electron chi connectivity index (χ2n) is 6.60. The van der Waals surface area contributed by atoms with Gasteiger partial charge in [-0.1, -0.05) is 35.9 Å². The van der Waals surface area contributed by atoms with Crippen molar-refractivity contribution in [2.24, 2.45) is 5.73 Å². The van der Waals surface area contributed by atoms with E-state index in [0.29, 0.717) is 10.7 Å². The van der Waals surface area contributed by atoms with Gasteiger partial charge in [0.2, 0.25) is 5.91 Å². The maximum absolute atomic E-state index is 12.8. The molecule has 2 aromatic carbocycles. The number of carbonyl (C=O) groups excluding carboxylic acids is 2. The van der Waals surface area contributed by atoms with Crippen LogP contribution in [0.2, 0.25) is 5.02 Å². The van der Waals surface area contributed by atoms with Gasteiger partial charge in [0, 0.05) is 22.0 Å². The zero-order chi connectivity index (χ0) is 19.0. The highest BCUT2D eigenvalue weighted by Gasteiger charge is 2.34. The molecule has 7 heteroatoms. The fourth-order valence-electron chi connectivity index (χ4n) is 3.53. The van der Waals surface area contributed by atoms with E-state index in [1.807, 2.05) is 30.3 Å². The van der Waals surface area contributed by atoms with Crippen molar-refractivity contribution >= 4 is 46.1 Å². The zero-order valence-electron chi connectivity index (χ0n) is 14.4. The molecule has 4 N–H and O–H groups in total. The lowest BCUT2D eigenvalue weighted by molar-refractivity contribution is -0.115. The molecule has 0 bridgehead atoms. The van der Waals surface area contributed by atoms with Crippen LogP contribution in [0.5, 0.6) is 0 Å². The number of fused-ring (bicyclic) bond motifs is 2. The second-order valence-corrected chi connectivity index (χ2v) is 8.16. The summed E-state index contributed by atoms with van der Waals surface area (Å²) in [4.78, 5) is 27.2. The first-order chi connectivity index (χ1) is 13.0. The summed E-state index contributed by atoms with van der Waals surface area (Å²) < 4.78 is 0. The molecule has 0 saturated carbocycles. The normalized spacial score (nSPS) is 18.4. The van der Waals surface area contributed by atoms with E-state index in [2.05, 4.69) is 16.4 Å². The first kappa shape index (κ1) is 17.9. The summed E-state index contributed by atoms with van der Waals surface area (Å²) in [5, 5.41) is 4.63. The summed E-state index contributed by atoms with van der Waals surface area (Å²) in [6.07, 6.45) is 0.727. The Hall–Kier alpha value is -2.44. The largest absolute Gasteiger partial charge is 0.369 e. The molecular formula is C20H18ClN3O2S. The number of rotatable bonds is 5. The molecule has 0 spiro atoms. The number of hydrogen-bond donors (Lipinski definition) is 3. The number of halogens is 1. The molecule has 2 atom stereocenters. The van der Waals surface area contributed by atoms with Crippen molar-refractivity contribution in [3.05, 3.63) is 70.4 Å². The Bertz CT molecular complexity index is 1030. The third-order valence-electron chi connectivity index (χ3n) is 4.72. The number of hydrogen-bond acceptors (Lipinski definition) is 3. The SMILES string of the molecule is NC(=O)CS[C@@H]1c2ccccc2CC1NC(=O)c1cc2cc(Cl)ccc2[nH]1. The lowest BCUT2D eigenvalue weighted by Crippen LogP contribution is -2.37. The minimum Gasteiger partial charge on any atom is -0.369 e. The number of nitrogens with one attached hydrogen (secondary N) is 2. The number of thioether (sulfide) groups is 1. The van der Waals surface area contributed by atoms with Crippen LogP contribution in [0.4, 0.5) is 0 Å². The first-order valence-electron chi connectivity index (χ1n) is 8.58. The number of amides is 2. The van der Waals surface area contributed by atoms with Crippen LogP contribution in [0, 0.1) is 0 Å². The monoisotopic (exact) mass is 399 g/mol. The van der Waals surface area contributed by atoms with Crippen molar-refractivity contribution < 1.29 is 9.59 Å². The van der Waals surface area contributed by atoms with E-state index in [4.69, 9.17) is 17.3 Å². The molecule has 2 amide bonds. The van der Waals surface area contributed by atoms with Gasteiger partial charge >= 0.3 is 0 Å². The Kier molecular flexibility index (Phi) is 4.85. The smallest absolute Gasteiger partial charge is 0.268 e. The average Bonchev–Trinajstić information content (AvgIpc) is 3.20. The van der Waals surface area contributed by atoms with Gasteiger partial charge in [-0.2, -0.15) is 0 Å². The minimum atomic E-state index is -0.359. The van der Waals surface area contributed by atoms with Crippen LogP contribution in [-0.2, 0) is 11.2 Å². The van der Waals surface area contributed by atoms with Crippen molar-refractivity contribution in [1.82, 2.24) is 10.3 Å². The number of nitrogens with two attached hydrogens (primary N) is 1. The predicted octanol–water partition coefficient (Wildman–Crippen LogP) is 3.44. The lowest BCUT2D eigenvalue weighted by atomic mass is 10.1. The predicted molar refractivity (Wildman–Crippen MR) is 109 cm³/mol. The zero-order valence-corrected chi connectivity index (χ0v) is 15.9. The van der Waals surface area contributed by atoms with Crippen LogP contribution in [0.15, 0.2) is 48.5 Å². The number of primary amides is 1. The molecule has 1 unspecified atom stereocenters. The molecule has 138 valence electrons. The molecule has 3 aromatic rings. The fourth-order valence-corrected chi connectivity index (χ4v) is 4.87. The number of benzene rings is 2. The Balaban J connectivity index is 1.56. The summed E-state index contributed by atoms with van der Waals surface area (Å²) >= 11 is 7.49. The topological polar surface area (TPSA) is 88.0 Å². The van der Waals surface area contributed by atoms with Gasteiger partial charge in [-0.05, 0) is 41.8 Å². The van der Waals surface area contributed by atoms with Crippen LogP contribution in [0.3, 0.4) is 0 Å². The van der Waals surface area contributed by atoms with Gasteiger partial charge in [-0.15, -0.1) is 11.8 Å². The van der Waals surface area contributed by atoms with E-state index in [0.717, 1.165) is 22.9 Å². The number of aromatic amines is 1. The van der Waals surface area contributed by atoms with Gasteiger partial charge in [0.1, 0.15) is 5.69 Å². The number of carbonyl (C=O) groups is 2. The summed E-state index contributed by atoms with van der Waals surface area (Å²) in [6.45, 7) is 0. The molecule has 0 saturated heterocycles. The first-order valence-corrected chi connectivity index (χ1v) is 10.0. The van der Waals surface area contributed by atoms with Crippen molar-refractivity contribution in [2.45, 2.75) is 17.7 Å². The molecule has 1 aromatic heterocycles. The van der Waals surface area contributed by atoms with Gasteiger partial charge in [0.15, 0.2) is 0 Å². The van der Waals surface area contributed by atoms with E-state index < -0.39 is 0 Å². The van der Waals surface area contributed by atoms with Crippen molar-refractivity contribution in [3.63, 3.8) is 0 Å². The van der Waals surface area contributed by atoms with Crippen LogP contribution in [0.1, 0.15) is 26.9 Å². The van der Waals surface area contributed by atoms with Gasteiger partial charge in [0.25, 0.3) is 5.91 Å². The molecule has 4 rings (SSSR count). The summed E-state index contributed by atoms with van der Waals surface area (Å²) in [5.74, 6) is -0.317. The Morgan fingerprint density at radius 3 is 2.85 bits per heavy atom. The maximum atomic E-state index is 12.8. The number of H-pyrrole nitrogens is 1. The van der Waals surface area contributed by atoms with E-state index in [9.17, 15) is 9.59 Å². The second kappa shape index (κ2) is 7.29. The van der Waals surface area contributed by atoms with Crippen LogP contribution in [0.25, 0.3) is 10.9 Å². The highest BCUT2D eigenvalue weighted by molar-refractivity contribution is 8.00. The highest BCUT2D eigenvalue weighted by Crippen LogP contribution is 2.41. The van der Waals surface area contributed by atoms with Gasteiger partial charge in [-0.3, -0.25) is 9.59 Å². The molecule has 1 aliphatic rings. The van der Waals surface area contributed by atoms with Gasteiger partial charge < -0.3 is 16.0 Å². The summed E-state index contributed by atoms with van der Waals surface area (Å²) in [7, 11) is 0. The third-order valence-corrected chi connectivity index (χ3v) is 6.34. The maximum Gasteiger partial charge on any atom is 0.268 e. The molecule has 0 radical (unpaired) electrons. The van der Waals surface area contributed by atoms with Crippen LogP contribution >= 0.6 is 23.4 Å². The van der Waals surface area contributed by atoms with E-state index in [1.54, 1.807) is 12.1 Å². The third kappa shape index (κ3) is 3.68. The lowest BCUT2D eigenvalue weighted by Gasteiger charge is -2.20. The quantitative estimate of drug-likeness (QED) is 0.614. The van der Waals surface area contributed by atoms with Gasteiger partial charge in [-0.25, -0.2) is 0 Å². The van der Waals surface area contributed by atoms with E-state index in [-0.39, 0.29) is 28.9 Å². The molecule has 0 aliphatic heterocycles. The fraction of sp³-hybridized carbons (Fsp3) is 0.200. The van der Waals surface area contributed by atoms with Gasteiger partial charge in [0.05, 0.1) is 11.0 Å². The number of aromatic nitrogens is 1. The summed E-state index contributed by atoms with van der Waals surface area (Å²) in [6, 6.07) is 15.2. The molecule has 5 nitrogen and oxygen atoms in total. The molecule has 1 heterocycles. The Labute approximate surface area is 165 Å². The van der Waals surface area contributed by atoms with Crippen molar-refractivity contribution in [3.8, 4) is 0 Å². The van der Waals surface area contributed by atoms with E-state index in [1.165, 1.54) is 17.3 Å². The summed E-state index contributed by atoms with van der Waals surface area (Å²) in [5.41, 5.74) is 9.01. The van der Waals surface area contributed by atoms with Crippen LogP contribution < -0.4 is 11.1 Å². The Morgan fingerprint density at radius 1 is 1.22 bits per heavy atom. The Morgan fingerprint density at radius 2 is 2.04 bits per heavy atom. The van der Waals surface area contributed by atoms with Crippen molar-refractivity contribution in [2.75, 3.05) is 5.75 Å². The van der Waals surface area contributed by atoms with Crippen LogP contribution in [-0.4, -0.2) is 28.6 Å². The molecule has 0 fully saturated rings. The molecular weight excluding hydrogens is 382 g/mol.